The highest BCUT2D eigenvalue weighted by molar-refractivity contribution is 5.94. The molecule has 0 spiro atoms. The van der Waals surface area contributed by atoms with E-state index < -0.39 is 0 Å². The third-order valence-electron chi connectivity index (χ3n) is 1.14. The number of carbonyl (C=O) groups excluding carboxylic acids is 1. The van der Waals surface area contributed by atoms with Crippen LogP contribution < -0.4 is 0 Å². The van der Waals surface area contributed by atoms with Crippen molar-refractivity contribution in [1.82, 2.24) is 0 Å². The van der Waals surface area contributed by atoms with Gasteiger partial charge in [-0.1, -0.05) is 0 Å². The predicted octanol–water partition coefficient (Wildman–Crippen LogP) is 1.43. The molecule has 0 rings (SSSR count). The molecule has 54 valence electrons. The molecule has 0 aliphatic carbocycles. The van der Waals surface area contributed by atoms with Gasteiger partial charge >= 0.3 is 0 Å². The summed E-state index contributed by atoms with van der Waals surface area (Å²) < 4.78 is 0. The molecule has 0 saturated carbocycles. The fourth-order valence-corrected chi connectivity index (χ4v) is 0.609. The number of allylic oxidation sites excluding steroid dienone is 2. The molecule has 2 heteroatoms. The Kier molecular flexibility index (Phi) is 3.27. The summed E-state index contributed by atoms with van der Waals surface area (Å²) in [6, 6.07) is 0. The van der Waals surface area contributed by atoms with E-state index in [-0.39, 0.29) is 18.0 Å². The number of carbonyl (C=O) groups is 1. The topological polar surface area (TPSA) is 37.3 Å². The van der Waals surface area contributed by atoms with Crippen LogP contribution in [0.4, 0.5) is 0 Å². The van der Waals surface area contributed by atoms with Crippen molar-refractivity contribution in [3.63, 3.8) is 0 Å². The van der Waals surface area contributed by atoms with Crippen LogP contribution in [0.15, 0.2) is 11.3 Å². The van der Waals surface area contributed by atoms with Crippen LogP contribution >= 0.6 is 0 Å². The number of ketones is 1. The van der Waals surface area contributed by atoms with Crippen LogP contribution in [0, 0.1) is 12.3 Å². The van der Waals surface area contributed by atoms with Gasteiger partial charge in [0.25, 0.3) is 0 Å². The molecule has 0 radical (unpaired) electrons. The molecular formula is C8H10O2. The van der Waals surface area contributed by atoms with Gasteiger partial charge in [-0.05, 0) is 13.8 Å². The maximum absolute atomic E-state index is 10.7. The minimum atomic E-state index is -0.169. The molecule has 0 aliphatic heterocycles. The van der Waals surface area contributed by atoms with Crippen molar-refractivity contribution in [3.05, 3.63) is 11.3 Å². The lowest BCUT2D eigenvalue weighted by atomic mass is 10.1. The molecule has 0 fully saturated rings. The molecule has 10 heavy (non-hydrogen) atoms. The van der Waals surface area contributed by atoms with Gasteiger partial charge in [0.15, 0.2) is 5.78 Å². The van der Waals surface area contributed by atoms with Crippen LogP contribution in [0.1, 0.15) is 20.3 Å². The zero-order chi connectivity index (χ0) is 8.15. The lowest BCUT2D eigenvalue weighted by Gasteiger charge is -1.97. The number of rotatable bonds is 2. The summed E-state index contributed by atoms with van der Waals surface area (Å²) in [6.45, 7) is 2.83. The third-order valence-corrected chi connectivity index (χ3v) is 1.14. The summed E-state index contributed by atoms with van der Waals surface area (Å²) >= 11 is 0. The molecule has 0 aromatic rings. The van der Waals surface area contributed by atoms with Crippen molar-refractivity contribution in [1.29, 1.82) is 0 Å². The van der Waals surface area contributed by atoms with Crippen molar-refractivity contribution in [2.75, 3.05) is 0 Å². The van der Waals surface area contributed by atoms with Crippen molar-refractivity contribution < 1.29 is 9.90 Å². The second kappa shape index (κ2) is 3.73. The Balaban J connectivity index is 4.48. The fraction of sp³-hybridized carbons (Fsp3) is 0.375. The van der Waals surface area contributed by atoms with E-state index in [1.165, 1.54) is 13.8 Å². The van der Waals surface area contributed by atoms with E-state index in [0.717, 1.165) is 0 Å². The first-order valence-corrected chi connectivity index (χ1v) is 2.92. The molecular weight excluding hydrogens is 128 g/mol. The van der Waals surface area contributed by atoms with Crippen molar-refractivity contribution in [2.24, 2.45) is 0 Å². The average Bonchev–Trinajstić information content (AvgIpc) is 1.81. The van der Waals surface area contributed by atoms with Crippen LogP contribution in [0.25, 0.3) is 0 Å². The van der Waals surface area contributed by atoms with Crippen LogP contribution in [0.2, 0.25) is 0 Å². The highest BCUT2D eigenvalue weighted by Gasteiger charge is 2.04. The number of aliphatic hydroxyl groups excluding tert-OH is 1. The molecule has 2 nitrogen and oxygen atoms in total. The largest absolute Gasteiger partial charge is 0.512 e. The van der Waals surface area contributed by atoms with Gasteiger partial charge in [0.1, 0.15) is 0 Å². The van der Waals surface area contributed by atoms with E-state index in [0.29, 0.717) is 5.57 Å². The number of Topliss-reactive ketones (excluding diaryl/α,β-unsaturated/α-hetero) is 1. The van der Waals surface area contributed by atoms with Gasteiger partial charge in [0, 0.05) is 12.0 Å². The fourth-order valence-electron chi connectivity index (χ4n) is 0.609. The molecule has 0 amide bonds. The quantitative estimate of drug-likeness (QED) is 0.356. The van der Waals surface area contributed by atoms with Gasteiger partial charge in [-0.15, -0.1) is 12.3 Å². The second-order valence-electron chi connectivity index (χ2n) is 2.00. The lowest BCUT2D eigenvalue weighted by Crippen LogP contribution is -1.98. The van der Waals surface area contributed by atoms with E-state index in [1.807, 2.05) is 0 Å². The van der Waals surface area contributed by atoms with E-state index in [2.05, 4.69) is 5.92 Å². The van der Waals surface area contributed by atoms with Crippen LogP contribution in [0.5, 0.6) is 0 Å². The Morgan fingerprint density at radius 2 is 2.10 bits per heavy atom. The Morgan fingerprint density at radius 3 is 2.20 bits per heavy atom. The molecule has 0 aromatic heterocycles. The summed E-state index contributed by atoms with van der Waals surface area (Å²) in [7, 11) is 0. The molecule has 0 atom stereocenters. The Labute approximate surface area is 60.6 Å². The van der Waals surface area contributed by atoms with Crippen molar-refractivity contribution >= 4 is 5.78 Å². The van der Waals surface area contributed by atoms with Crippen LogP contribution in [-0.4, -0.2) is 10.9 Å². The highest BCUT2D eigenvalue weighted by atomic mass is 16.3. The zero-order valence-corrected chi connectivity index (χ0v) is 6.14. The maximum Gasteiger partial charge on any atom is 0.160 e. The average molecular weight is 138 g/mol. The summed E-state index contributed by atoms with van der Waals surface area (Å²) in [5, 5.41) is 8.88. The third kappa shape index (κ3) is 2.36. The monoisotopic (exact) mass is 138 g/mol. The van der Waals surface area contributed by atoms with E-state index in [1.54, 1.807) is 0 Å². The molecule has 0 unspecified atom stereocenters. The summed E-state index contributed by atoms with van der Waals surface area (Å²) in [5.74, 6) is 2.14. The van der Waals surface area contributed by atoms with Gasteiger partial charge in [0.05, 0.1) is 5.76 Å². The second-order valence-corrected chi connectivity index (χ2v) is 2.00. The van der Waals surface area contributed by atoms with Gasteiger partial charge in [-0.2, -0.15) is 0 Å². The molecule has 0 saturated heterocycles. The first-order valence-electron chi connectivity index (χ1n) is 2.92. The van der Waals surface area contributed by atoms with E-state index in [4.69, 9.17) is 11.5 Å². The molecule has 0 heterocycles. The number of terminal acetylenes is 1. The van der Waals surface area contributed by atoms with E-state index in [9.17, 15) is 4.79 Å². The minimum absolute atomic E-state index is 0.0189. The SMILES string of the molecule is C#CCC(C(C)=O)=C(C)O. The molecule has 0 aliphatic rings. The van der Waals surface area contributed by atoms with Crippen molar-refractivity contribution in [3.8, 4) is 12.3 Å². The summed E-state index contributed by atoms with van der Waals surface area (Å²) in [4.78, 5) is 10.7. The Morgan fingerprint density at radius 1 is 1.60 bits per heavy atom. The maximum atomic E-state index is 10.7. The van der Waals surface area contributed by atoms with Gasteiger partial charge in [-0.25, -0.2) is 0 Å². The lowest BCUT2D eigenvalue weighted by molar-refractivity contribution is -0.113. The smallest absolute Gasteiger partial charge is 0.160 e. The van der Waals surface area contributed by atoms with Crippen LogP contribution in [0.3, 0.4) is 0 Å². The van der Waals surface area contributed by atoms with Gasteiger partial charge in [-0.3, -0.25) is 4.79 Å². The molecule has 0 bridgehead atoms. The van der Waals surface area contributed by atoms with Gasteiger partial charge in [0.2, 0.25) is 0 Å². The molecule has 0 aromatic carbocycles. The number of hydrogen-bond acceptors (Lipinski definition) is 2. The first-order chi connectivity index (χ1) is 4.59. The first kappa shape index (κ1) is 8.77. The Hall–Kier alpha value is -1.23. The number of hydrogen-bond donors (Lipinski definition) is 1. The number of aliphatic hydroxyl groups is 1. The zero-order valence-electron chi connectivity index (χ0n) is 6.14. The van der Waals surface area contributed by atoms with Crippen LogP contribution in [-0.2, 0) is 4.79 Å². The molecule has 1 N–H and O–H groups in total. The van der Waals surface area contributed by atoms with Crippen molar-refractivity contribution in [2.45, 2.75) is 20.3 Å². The predicted molar refractivity (Wildman–Crippen MR) is 39.5 cm³/mol. The van der Waals surface area contributed by atoms with Gasteiger partial charge < -0.3 is 5.11 Å². The Bertz CT molecular complexity index is 202. The normalized spacial score (nSPS) is 11.7. The summed E-state index contributed by atoms with van der Waals surface area (Å²) in [5.41, 5.74) is 0.322. The standard InChI is InChI=1S/C8H10O2/c1-4-5-8(6(2)9)7(3)10/h1,9H,5H2,2-3H3. The minimum Gasteiger partial charge on any atom is -0.512 e. The summed E-state index contributed by atoms with van der Waals surface area (Å²) in [6.07, 6.45) is 5.16. The highest BCUT2D eigenvalue weighted by Crippen LogP contribution is 2.05. The van der Waals surface area contributed by atoms with E-state index >= 15 is 0 Å².